The highest BCUT2D eigenvalue weighted by atomic mass is 32.2. The Morgan fingerprint density at radius 2 is 2.00 bits per heavy atom. The molecule has 1 fully saturated rings. The molecule has 0 amide bonds. The second-order valence-corrected chi connectivity index (χ2v) is 8.38. The van der Waals surface area contributed by atoms with Crippen molar-refractivity contribution in [3.05, 3.63) is 28.3 Å². The van der Waals surface area contributed by atoms with E-state index >= 15 is 0 Å². The molecule has 0 aromatic heterocycles. The first kappa shape index (κ1) is 15.8. The summed E-state index contributed by atoms with van der Waals surface area (Å²) in [4.78, 5) is 12.7. The van der Waals surface area contributed by atoms with Crippen molar-refractivity contribution in [3.8, 4) is 0 Å². The van der Waals surface area contributed by atoms with E-state index in [1.807, 2.05) is 4.90 Å². The van der Waals surface area contributed by atoms with Crippen LogP contribution >= 0.6 is 0 Å². The summed E-state index contributed by atoms with van der Waals surface area (Å²) in [6, 6.07) is 4.15. The van der Waals surface area contributed by atoms with Gasteiger partial charge in [-0.05, 0) is 30.4 Å². The summed E-state index contributed by atoms with van der Waals surface area (Å²) in [7, 11) is -3.45. The van der Waals surface area contributed by atoms with Crippen LogP contribution in [0.5, 0.6) is 0 Å². The summed E-state index contributed by atoms with van der Waals surface area (Å²) in [6.07, 6.45) is 3.10. The van der Waals surface area contributed by atoms with E-state index in [2.05, 4.69) is 13.8 Å². The van der Waals surface area contributed by atoms with Crippen molar-refractivity contribution in [2.45, 2.75) is 31.6 Å². The van der Waals surface area contributed by atoms with Crippen LogP contribution in [0.2, 0.25) is 0 Å². The molecule has 116 valence electrons. The van der Waals surface area contributed by atoms with Gasteiger partial charge in [0, 0.05) is 25.4 Å². The fraction of sp³-hybridized carbons (Fsp3) is 0.571. The second kappa shape index (κ2) is 5.29. The number of nitro groups is 1. The van der Waals surface area contributed by atoms with Crippen LogP contribution < -0.4 is 4.90 Å². The van der Waals surface area contributed by atoms with Gasteiger partial charge in [0.05, 0.1) is 9.82 Å². The van der Waals surface area contributed by atoms with Gasteiger partial charge in [-0.15, -0.1) is 0 Å². The number of sulfone groups is 1. The maximum Gasteiger partial charge on any atom is 0.293 e. The average molecular weight is 312 g/mol. The number of piperidine rings is 1. The lowest BCUT2D eigenvalue weighted by Crippen LogP contribution is -2.40. The van der Waals surface area contributed by atoms with Gasteiger partial charge in [-0.3, -0.25) is 10.1 Å². The van der Waals surface area contributed by atoms with E-state index < -0.39 is 14.8 Å². The van der Waals surface area contributed by atoms with Crippen molar-refractivity contribution in [1.29, 1.82) is 0 Å². The highest BCUT2D eigenvalue weighted by Crippen LogP contribution is 2.36. The van der Waals surface area contributed by atoms with E-state index in [4.69, 9.17) is 0 Å². The summed E-state index contributed by atoms with van der Waals surface area (Å²) in [5, 5.41) is 11.3. The standard InChI is InChI=1S/C14H20N2O4S/c1-14(2)7-4-8-15(10-14)12-6-5-11(21(3,19)20)9-13(12)16(17)18/h5-6,9H,4,7-8,10H2,1-3H3. The number of nitrogens with zero attached hydrogens (tertiary/aromatic N) is 2. The summed E-state index contributed by atoms with van der Waals surface area (Å²) in [6.45, 7) is 5.75. The Kier molecular flexibility index (Phi) is 3.97. The fourth-order valence-corrected chi connectivity index (χ4v) is 3.42. The maximum absolute atomic E-state index is 11.6. The molecule has 0 spiro atoms. The predicted octanol–water partition coefficient (Wildman–Crippen LogP) is 2.62. The first-order valence-electron chi connectivity index (χ1n) is 6.84. The van der Waals surface area contributed by atoms with Crippen molar-refractivity contribution < 1.29 is 13.3 Å². The molecule has 1 aromatic rings. The van der Waals surface area contributed by atoms with E-state index in [-0.39, 0.29) is 16.0 Å². The third-order valence-corrected chi connectivity index (χ3v) is 4.92. The zero-order valence-electron chi connectivity index (χ0n) is 12.5. The monoisotopic (exact) mass is 312 g/mol. The molecule has 0 unspecified atom stereocenters. The zero-order chi connectivity index (χ0) is 15.8. The Labute approximate surface area is 124 Å². The molecule has 1 heterocycles. The van der Waals surface area contributed by atoms with E-state index in [1.165, 1.54) is 6.07 Å². The second-order valence-electron chi connectivity index (χ2n) is 6.37. The maximum atomic E-state index is 11.6. The number of rotatable bonds is 3. The minimum atomic E-state index is -3.45. The minimum absolute atomic E-state index is 0.0192. The van der Waals surface area contributed by atoms with Crippen LogP contribution in [0.25, 0.3) is 0 Å². The van der Waals surface area contributed by atoms with Crippen LogP contribution in [0.15, 0.2) is 23.1 Å². The highest BCUT2D eigenvalue weighted by Gasteiger charge is 2.30. The third kappa shape index (κ3) is 3.53. The average Bonchev–Trinajstić information content (AvgIpc) is 2.35. The van der Waals surface area contributed by atoms with Crippen LogP contribution in [0.1, 0.15) is 26.7 Å². The van der Waals surface area contributed by atoms with Crippen molar-refractivity contribution >= 4 is 21.2 Å². The zero-order valence-corrected chi connectivity index (χ0v) is 13.3. The quantitative estimate of drug-likeness (QED) is 0.633. The molecule has 7 heteroatoms. The van der Waals surface area contributed by atoms with E-state index in [0.29, 0.717) is 5.69 Å². The van der Waals surface area contributed by atoms with Crippen molar-refractivity contribution in [2.75, 3.05) is 24.2 Å². The molecule has 0 saturated carbocycles. The van der Waals surface area contributed by atoms with Gasteiger partial charge < -0.3 is 4.90 Å². The molecule has 0 aliphatic carbocycles. The van der Waals surface area contributed by atoms with Gasteiger partial charge in [-0.25, -0.2) is 8.42 Å². The van der Waals surface area contributed by atoms with Gasteiger partial charge in [-0.2, -0.15) is 0 Å². The summed E-state index contributed by atoms with van der Waals surface area (Å²) in [5.41, 5.74) is 0.456. The summed E-state index contributed by atoms with van der Waals surface area (Å²) < 4.78 is 23.1. The molecule has 1 aliphatic rings. The van der Waals surface area contributed by atoms with Crippen LogP contribution in [-0.2, 0) is 9.84 Å². The predicted molar refractivity (Wildman–Crippen MR) is 81.4 cm³/mol. The molecule has 1 aromatic carbocycles. The Morgan fingerprint density at radius 1 is 1.33 bits per heavy atom. The Balaban J connectivity index is 2.46. The first-order valence-corrected chi connectivity index (χ1v) is 8.73. The van der Waals surface area contributed by atoms with E-state index in [1.54, 1.807) is 6.07 Å². The Hall–Kier alpha value is -1.63. The van der Waals surface area contributed by atoms with Crippen LogP contribution in [-0.4, -0.2) is 32.7 Å². The third-order valence-electron chi connectivity index (χ3n) is 3.81. The largest absolute Gasteiger partial charge is 0.365 e. The number of hydrogen-bond acceptors (Lipinski definition) is 5. The lowest BCUT2D eigenvalue weighted by atomic mass is 9.84. The number of nitro benzene ring substituents is 1. The van der Waals surface area contributed by atoms with Crippen molar-refractivity contribution in [1.82, 2.24) is 0 Å². The Bertz CT molecular complexity index is 668. The van der Waals surface area contributed by atoms with Gasteiger partial charge in [0.15, 0.2) is 9.84 Å². The van der Waals surface area contributed by atoms with E-state index in [0.717, 1.165) is 38.3 Å². The molecule has 1 saturated heterocycles. The molecular weight excluding hydrogens is 292 g/mol. The Morgan fingerprint density at radius 3 is 2.52 bits per heavy atom. The van der Waals surface area contributed by atoms with Crippen LogP contribution in [0, 0.1) is 15.5 Å². The van der Waals surface area contributed by atoms with Gasteiger partial charge in [0.25, 0.3) is 5.69 Å². The molecule has 2 rings (SSSR count). The normalized spacial score (nSPS) is 18.5. The molecule has 21 heavy (non-hydrogen) atoms. The summed E-state index contributed by atoms with van der Waals surface area (Å²) in [5.74, 6) is 0. The van der Waals surface area contributed by atoms with Crippen molar-refractivity contribution in [3.63, 3.8) is 0 Å². The molecule has 1 aliphatic heterocycles. The minimum Gasteiger partial charge on any atom is -0.365 e. The number of benzene rings is 1. The topological polar surface area (TPSA) is 80.5 Å². The molecular formula is C14H20N2O4S. The van der Waals surface area contributed by atoms with E-state index in [9.17, 15) is 18.5 Å². The highest BCUT2D eigenvalue weighted by molar-refractivity contribution is 7.90. The lowest BCUT2D eigenvalue weighted by Gasteiger charge is -2.39. The van der Waals surface area contributed by atoms with Crippen LogP contribution in [0.4, 0.5) is 11.4 Å². The number of hydrogen-bond donors (Lipinski definition) is 0. The summed E-state index contributed by atoms with van der Waals surface area (Å²) >= 11 is 0. The molecule has 0 atom stereocenters. The fourth-order valence-electron chi connectivity index (χ4n) is 2.78. The molecule has 6 nitrogen and oxygen atoms in total. The SMILES string of the molecule is CC1(C)CCCN(c2ccc(S(C)(=O)=O)cc2[N+](=O)[O-])C1. The van der Waals surface area contributed by atoms with Crippen molar-refractivity contribution in [2.24, 2.45) is 5.41 Å². The smallest absolute Gasteiger partial charge is 0.293 e. The first-order chi connectivity index (χ1) is 9.60. The van der Waals surface area contributed by atoms with Gasteiger partial charge in [-0.1, -0.05) is 13.8 Å². The van der Waals surface area contributed by atoms with Gasteiger partial charge in [0.1, 0.15) is 5.69 Å². The molecule has 0 radical (unpaired) electrons. The lowest BCUT2D eigenvalue weighted by molar-refractivity contribution is -0.384. The van der Waals surface area contributed by atoms with Gasteiger partial charge in [0.2, 0.25) is 0 Å². The molecule has 0 N–H and O–H groups in total. The molecule has 0 bridgehead atoms. The van der Waals surface area contributed by atoms with Gasteiger partial charge >= 0.3 is 0 Å². The number of anilines is 1. The van der Waals surface area contributed by atoms with Crippen LogP contribution in [0.3, 0.4) is 0 Å².